The lowest BCUT2D eigenvalue weighted by Crippen LogP contribution is -2.48. The molecule has 8 heteroatoms. The second-order valence-electron chi connectivity index (χ2n) is 3.29. The molecule has 0 saturated heterocycles. The molecule has 0 aromatic carbocycles. The van der Waals surface area contributed by atoms with Crippen LogP contribution in [0.2, 0.25) is 6.04 Å². The van der Waals surface area contributed by atoms with Gasteiger partial charge in [-0.05, 0) is 13.0 Å². The minimum atomic E-state index is -2.94. The van der Waals surface area contributed by atoms with Gasteiger partial charge in [-0.25, -0.2) is 0 Å². The summed E-state index contributed by atoms with van der Waals surface area (Å²) in [5.74, 6) is 0. The Morgan fingerprint density at radius 3 is 1.53 bits per heavy atom. The van der Waals surface area contributed by atoms with Crippen molar-refractivity contribution in [3.8, 4) is 0 Å². The molecule has 0 atom stereocenters. The van der Waals surface area contributed by atoms with Crippen LogP contribution in [-0.2, 0) is 13.3 Å². The third-order valence-electron chi connectivity index (χ3n) is 1.93. The molecule has 0 aliphatic heterocycles. The van der Waals surface area contributed by atoms with E-state index < -0.39 is 8.80 Å². The Balaban J connectivity index is 4.39. The summed E-state index contributed by atoms with van der Waals surface area (Å²) in [5.41, 5.74) is 5.43. The zero-order chi connectivity index (χ0) is 13.0. The van der Waals surface area contributed by atoms with E-state index in [0.717, 1.165) is 0 Å². The summed E-state index contributed by atoms with van der Waals surface area (Å²) in [5, 5.41) is 26.3. The van der Waals surface area contributed by atoms with Gasteiger partial charge in [-0.1, -0.05) is 0 Å². The summed E-state index contributed by atoms with van der Waals surface area (Å²) in [6.45, 7) is 0.379. The lowest BCUT2D eigenvalue weighted by atomic mass is 10.5. The van der Waals surface area contributed by atoms with Crippen molar-refractivity contribution in [3.63, 3.8) is 0 Å². The van der Waals surface area contributed by atoms with E-state index in [0.29, 0.717) is 19.0 Å². The normalized spacial score (nSPS) is 12.0. The molecule has 0 spiro atoms. The largest absolute Gasteiger partial charge is 0.501 e. The number of rotatable bonds is 12. The number of hydrogen-bond acceptors (Lipinski definition) is 7. The van der Waals surface area contributed by atoms with Crippen molar-refractivity contribution in [1.82, 2.24) is 0 Å². The molecule has 0 aliphatic carbocycles. The molecule has 0 saturated carbocycles. The highest BCUT2D eigenvalue weighted by Crippen LogP contribution is 2.17. The maximum absolute atomic E-state index is 8.77. The van der Waals surface area contributed by atoms with E-state index in [1.54, 1.807) is 0 Å². The van der Waals surface area contributed by atoms with Crippen LogP contribution in [0.4, 0.5) is 0 Å². The van der Waals surface area contributed by atoms with Gasteiger partial charge in [0, 0.05) is 6.04 Å². The Kier molecular flexibility index (Phi) is 11.0. The fourth-order valence-electron chi connectivity index (χ4n) is 1.26. The molecule has 0 unspecified atom stereocenters. The summed E-state index contributed by atoms with van der Waals surface area (Å²) < 4.78 is 16.4. The monoisotopic (exact) mass is 269 g/mol. The molecule has 0 heterocycles. The molecule has 0 bridgehead atoms. The molecule has 0 aromatic rings. The van der Waals surface area contributed by atoms with Crippen LogP contribution in [0.15, 0.2) is 0 Å². The fraction of sp³-hybridized carbons (Fsp3) is 1.00. The van der Waals surface area contributed by atoms with Crippen molar-refractivity contribution in [1.29, 1.82) is 0 Å². The maximum atomic E-state index is 8.77. The first kappa shape index (κ1) is 16.9. The topological polar surface area (TPSA) is 114 Å². The van der Waals surface area contributed by atoms with E-state index in [4.69, 9.17) is 34.3 Å². The molecule has 0 radical (unpaired) electrons. The van der Waals surface area contributed by atoms with Crippen LogP contribution in [-0.4, -0.2) is 70.3 Å². The highest BCUT2D eigenvalue weighted by atomic mass is 28.4. The van der Waals surface area contributed by atoms with Crippen LogP contribution in [0.1, 0.15) is 6.42 Å². The Hall–Kier alpha value is -0.0631. The van der Waals surface area contributed by atoms with Gasteiger partial charge in [-0.2, -0.15) is 0 Å². The van der Waals surface area contributed by atoms with E-state index in [2.05, 4.69) is 0 Å². The lowest BCUT2D eigenvalue weighted by molar-refractivity contribution is 0.0277. The first-order valence-electron chi connectivity index (χ1n) is 5.69. The Morgan fingerprint density at radius 1 is 0.824 bits per heavy atom. The predicted octanol–water partition coefficient (Wildman–Crippen LogP) is -1.70. The average molecular weight is 269 g/mol. The van der Waals surface area contributed by atoms with Crippen molar-refractivity contribution in [2.24, 2.45) is 5.73 Å². The molecule has 17 heavy (non-hydrogen) atoms. The van der Waals surface area contributed by atoms with Crippen molar-refractivity contribution in [2.45, 2.75) is 12.5 Å². The van der Waals surface area contributed by atoms with Gasteiger partial charge in [0.25, 0.3) is 0 Å². The Bertz CT molecular complexity index is 136. The Labute approximate surface area is 102 Å². The van der Waals surface area contributed by atoms with Crippen molar-refractivity contribution < 1.29 is 28.6 Å². The smallest absolute Gasteiger partial charge is 0.394 e. The van der Waals surface area contributed by atoms with Gasteiger partial charge >= 0.3 is 8.80 Å². The van der Waals surface area contributed by atoms with E-state index in [1.807, 2.05) is 0 Å². The minimum Gasteiger partial charge on any atom is -0.394 e. The molecule has 5 N–H and O–H groups in total. The summed E-state index contributed by atoms with van der Waals surface area (Å²) in [4.78, 5) is 0. The zero-order valence-corrected chi connectivity index (χ0v) is 11.0. The third-order valence-corrected chi connectivity index (χ3v) is 4.82. The molecule has 0 aromatic heterocycles. The van der Waals surface area contributed by atoms with Crippen LogP contribution in [0.5, 0.6) is 0 Å². The summed E-state index contributed by atoms with van der Waals surface area (Å²) in [7, 11) is -2.94. The van der Waals surface area contributed by atoms with Gasteiger partial charge in [0.1, 0.15) is 0 Å². The van der Waals surface area contributed by atoms with Gasteiger partial charge in [0.05, 0.1) is 39.6 Å². The summed E-state index contributed by atoms with van der Waals surface area (Å²) in [6.07, 6.45) is 0.661. The minimum absolute atomic E-state index is 0.105. The highest BCUT2D eigenvalue weighted by Gasteiger charge is 2.40. The number of aliphatic hydroxyl groups is 3. The first-order chi connectivity index (χ1) is 8.24. The maximum Gasteiger partial charge on any atom is 0.501 e. The summed E-state index contributed by atoms with van der Waals surface area (Å²) in [6, 6.07) is 0.503. The van der Waals surface area contributed by atoms with E-state index in [-0.39, 0.29) is 39.6 Å². The average Bonchev–Trinajstić information content (AvgIpc) is 2.37. The number of nitrogens with two attached hydrogens (primary N) is 1. The quantitative estimate of drug-likeness (QED) is 0.312. The van der Waals surface area contributed by atoms with Gasteiger partial charge in [-0.15, -0.1) is 0 Å². The van der Waals surface area contributed by atoms with Crippen LogP contribution in [0.25, 0.3) is 0 Å². The first-order valence-corrected chi connectivity index (χ1v) is 7.62. The van der Waals surface area contributed by atoms with Crippen molar-refractivity contribution >= 4 is 8.80 Å². The molecule has 0 amide bonds. The SMILES string of the molecule is NCCC[Si](OCCO)(OCCO)OCCO. The van der Waals surface area contributed by atoms with E-state index in [1.165, 1.54) is 0 Å². The predicted molar refractivity (Wildman–Crippen MR) is 63.3 cm³/mol. The van der Waals surface area contributed by atoms with E-state index >= 15 is 0 Å². The molecular weight excluding hydrogens is 246 g/mol. The molecule has 104 valence electrons. The fourth-order valence-corrected chi connectivity index (χ4v) is 3.79. The molecule has 0 aliphatic rings. The molecular formula is C9H23NO6Si. The zero-order valence-electron chi connectivity index (χ0n) is 10.0. The summed E-state index contributed by atoms with van der Waals surface area (Å²) >= 11 is 0. The molecule has 0 rings (SSSR count). The second-order valence-corrected chi connectivity index (χ2v) is 6.02. The molecule has 7 nitrogen and oxygen atoms in total. The number of aliphatic hydroxyl groups excluding tert-OH is 3. The van der Waals surface area contributed by atoms with Crippen molar-refractivity contribution in [3.05, 3.63) is 0 Å². The van der Waals surface area contributed by atoms with Crippen LogP contribution >= 0.6 is 0 Å². The van der Waals surface area contributed by atoms with Crippen LogP contribution in [0, 0.1) is 0 Å². The van der Waals surface area contributed by atoms with Crippen LogP contribution in [0.3, 0.4) is 0 Å². The Morgan fingerprint density at radius 2 is 1.24 bits per heavy atom. The lowest BCUT2D eigenvalue weighted by Gasteiger charge is -2.29. The highest BCUT2D eigenvalue weighted by molar-refractivity contribution is 6.60. The van der Waals surface area contributed by atoms with Crippen LogP contribution < -0.4 is 5.73 Å². The van der Waals surface area contributed by atoms with E-state index in [9.17, 15) is 0 Å². The number of hydrogen-bond donors (Lipinski definition) is 4. The third kappa shape index (κ3) is 7.79. The van der Waals surface area contributed by atoms with Crippen molar-refractivity contribution in [2.75, 3.05) is 46.2 Å². The van der Waals surface area contributed by atoms with Gasteiger partial charge in [-0.3, -0.25) is 0 Å². The standard InChI is InChI=1S/C9H23NO6Si/c10-2-1-9-17(14-6-3-11,15-7-4-12)16-8-5-13/h11-13H,1-10H2. The molecule has 0 fully saturated rings. The van der Waals surface area contributed by atoms with Gasteiger partial charge in [0.15, 0.2) is 0 Å². The van der Waals surface area contributed by atoms with Gasteiger partial charge < -0.3 is 34.3 Å². The second kappa shape index (κ2) is 11.1. The van der Waals surface area contributed by atoms with Gasteiger partial charge in [0.2, 0.25) is 0 Å².